The molecule has 0 spiro atoms. The largest absolute Gasteiger partial charge is 0.268 e. The van der Waals surface area contributed by atoms with E-state index in [4.69, 9.17) is 4.98 Å². The van der Waals surface area contributed by atoms with Crippen molar-refractivity contribution in [1.82, 2.24) is 9.38 Å². The Hall–Kier alpha value is -2.72. The van der Waals surface area contributed by atoms with E-state index >= 15 is 0 Å². The van der Waals surface area contributed by atoms with E-state index in [0.29, 0.717) is 5.39 Å². The van der Waals surface area contributed by atoms with Crippen molar-refractivity contribution < 1.29 is 0 Å². The topological polar surface area (TPSA) is 34.4 Å². The molecule has 4 heteroatoms. The molecule has 0 bridgehead atoms. The smallest absolute Gasteiger partial charge is 0.266 e. The average molecular weight is 330 g/mol. The normalized spacial score (nSPS) is 11.9. The van der Waals surface area contributed by atoms with E-state index in [2.05, 4.69) is 37.4 Å². The zero-order valence-electron chi connectivity index (χ0n) is 13.3. The van der Waals surface area contributed by atoms with Gasteiger partial charge in [0.15, 0.2) is 5.65 Å². The molecule has 0 unspecified atom stereocenters. The van der Waals surface area contributed by atoms with Crippen LogP contribution >= 0.6 is 11.3 Å². The van der Waals surface area contributed by atoms with Crippen LogP contribution in [0.2, 0.25) is 0 Å². The summed E-state index contributed by atoms with van der Waals surface area (Å²) in [6, 6.07) is 14.0. The fourth-order valence-electron chi connectivity index (χ4n) is 3.40. The predicted octanol–water partition coefficient (Wildman–Crippen LogP) is 4.83. The van der Waals surface area contributed by atoms with E-state index in [-0.39, 0.29) is 5.56 Å². The second-order valence-corrected chi connectivity index (χ2v) is 7.13. The fourth-order valence-corrected chi connectivity index (χ4v) is 4.29. The van der Waals surface area contributed by atoms with Crippen molar-refractivity contribution in [3.05, 3.63) is 69.3 Å². The van der Waals surface area contributed by atoms with Crippen molar-refractivity contribution in [3.8, 4) is 0 Å². The van der Waals surface area contributed by atoms with Crippen LogP contribution in [-0.2, 0) is 0 Å². The van der Waals surface area contributed by atoms with Gasteiger partial charge in [0.25, 0.3) is 5.56 Å². The van der Waals surface area contributed by atoms with Crippen LogP contribution in [0, 0.1) is 13.8 Å². The van der Waals surface area contributed by atoms with Gasteiger partial charge in [-0.15, -0.1) is 11.3 Å². The third-order valence-corrected chi connectivity index (χ3v) is 5.70. The molecule has 3 nitrogen and oxygen atoms in total. The number of aryl methyl sites for hydroxylation is 2. The summed E-state index contributed by atoms with van der Waals surface area (Å²) in [5.74, 6) is 0. The van der Waals surface area contributed by atoms with Gasteiger partial charge < -0.3 is 0 Å². The molecule has 0 amide bonds. The highest BCUT2D eigenvalue weighted by Gasteiger charge is 2.15. The van der Waals surface area contributed by atoms with Gasteiger partial charge in [-0.2, -0.15) is 0 Å². The molecule has 0 radical (unpaired) electrons. The second-order valence-electron chi connectivity index (χ2n) is 6.21. The van der Waals surface area contributed by atoms with E-state index in [1.54, 1.807) is 15.7 Å². The first-order chi connectivity index (χ1) is 11.6. The molecule has 24 heavy (non-hydrogen) atoms. The number of thiophene rings is 1. The van der Waals surface area contributed by atoms with E-state index < -0.39 is 0 Å². The van der Waals surface area contributed by atoms with Gasteiger partial charge in [-0.3, -0.25) is 9.20 Å². The monoisotopic (exact) mass is 330 g/mol. The molecule has 116 valence electrons. The minimum atomic E-state index is -0.000784. The molecule has 0 aliphatic rings. The molecule has 0 fully saturated rings. The van der Waals surface area contributed by atoms with Crippen molar-refractivity contribution >= 4 is 48.9 Å². The van der Waals surface area contributed by atoms with Crippen LogP contribution in [0.15, 0.2) is 52.6 Å². The Morgan fingerprint density at radius 1 is 0.958 bits per heavy atom. The first-order valence-corrected chi connectivity index (χ1v) is 8.75. The van der Waals surface area contributed by atoms with Gasteiger partial charge in [0, 0.05) is 10.8 Å². The predicted molar refractivity (Wildman–Crippen MR) is 101 cm³/mol. The Labute approximate surface area is 141 Å². The molecule has 3 aromatic heterocycles. The van der Waals surface area contributed by atoms with Gasteiger partial charge in [-0.25, -0.2) is 4.98 Å². The Morgan fingerprint density at radius 2 is 1.75 bits per heavy atom. The minimum absolute atomic E-state index is 0.000784. The Bertz CT molecular complexity index is 1340. The molecule has 2 aromatic carbocycles. The van der Waals surface area contributed by atoms with Crippen LogP contribution in [-0.4, -0.2) is 9.38 Å². The number of aromatic nitrogens is 2. The Balaban J connectivity index is 2.22. The lowest BCUT2D eigenvalue weighted by Crippen LogP contribution is -2.16. The maximum Gasteiger partial charge on any atom is 0.266 e. The third-order valence-electron chi connectivity index (χ3n) is 4.79. The van der Waals surface area contributed by atoms with Crippen molar-refractivity contribution in [2.24, 2.45) is 0 Å². The molecule has 3 heterocycles. The van der Waals surface area contributed by atoms with E-state index in [0.717, 1.165) is 26.8 Å². The summed E-state index contributed by atoms with van der Waals surface area (Å²) in [6.45, 7) is 4.19. The molecule has 0 atom stereocenters. The summed E-state index contributed by atoms with van der Waals surface area (Å²) < 4.78 is 2.84. The number of hydrogen-bond acceptors (Lipinski definition) is 3. The summed E-state index contributed by atoms with van der Waals surface area (Å²) in [4.78, 5) is 18.0. The zero-order valence-corrected chi connectivity index (χ0v) is 14.1. The van der Waals surface area contributed by atoms with E-state index in [1.165, 1.54) is 16.5 Å². The lowest BCUT2D eigenvalue weighted by Gasteiger charge is -2.11. The van der Waals surface area contributed by atoms with Crippen LogP contribution in [0.4, 0.5) is 0 Å². The molecule has 5 aromatic rings. The van der Waals surface area contributed by atoms with Gasteiger partial charge >= 0.3 is 0 Å². The molecule has 0 saturated carbocycles. The van der Waals surface area contributed by atoms with Crippen molar-refractivity contribution in [2.45, 2.75) is 13.8 Å². The molecular weight excluding hydrogens is 316 g/mol. The maximum absolute atomic E-state index is 13.2. The van der Waals surface area contributed by atoms with Crippen LogP contribution < -0.4 is 5.56 Å². The standard InChI is InChI=1S/C20H14N2OS/c1-11-9-15-13-7-8-24-18(13)19-21-16-6-4-3-5-14(16)20(23)22(19)17(15)10-12(11)2/h3-10H,1-2H3. The number of pyridine rings is 1. The summed E-state index contributed by atoms with van der Waals surface area (Å²) in [7, 11) is 0. The van der Waals surface area contributed by atoms with Gasteiger partial charge in [0.05, 0.1) is 21.1 Å². The third kappa shape index (κ3) is 1.66. The highest BCUT2D eigenvalue weighted by Crippen LogP contribution is 2.33. The van der Waals surface area contributed by atoms with Crippen molar-refractivity contribution in [1.29, 1.82) is 0 Å². The molecule has 0 saturated heterocycles. The first kappa shape index (κ1) is 13.7. The molecule has 5 rings (SSSR count). The zero-order chi connectivity index (χ0) is 16.4. The number of benzene rings is 2. The van der Waals surface area contributed by atoms with Crippen LogP contribution in [0.5, 0.6) is 0 Å². The summed E-state index contributed by atoms with van der Waals surface area (Å²) >= 11 is 1.64. The number of rotatable bonds is 0. The number of hydrogen-bond donors (Lipinski definition) is 0. The Morgan fingerprint density at radius 3 is 2.62 bits per heavy atom. The van der Waals surface area contributed by atoms with Crippen LogP contribution in [0.25, 0.3) is 37.5 Å². The molecular formula is C20H14N2OS. The SMILES string of the molecule is Cc1cc2c3ccsc3c3nc4ccccc4c(=O)n3c2cc1C. The van der Waals surface area contributed by atoms with Gasteiger partial charge in [-0.1, -0.05) is 12.1 Å². The van der Waals surface area contributed by atoms with Crippen LogP contribution in [0.3, 0.4) is 0 Å². The molecule has 0 aliphatic carbocycles. The van der Waals surface area contributed by atoms with E-state index in [9.17, 15) is 4.79 Å². The van der Waals surface area contributed by atoms with E-state index in [1.807, 2.05) is 24.3 Å². The summed E-state index contributed by atoms with van der Waals surface area (Å²) in [5, 5.41) is 5.01. The average Bonchev–Trinajstić information content (AvgIpc) is 3.07. The Kier molecular flexibility index (Phi) is 2.65. The summed E-state index contributed by atoms with van der Waals surface area (Å²) in [5.41, 5.74) is 4.84. The first-order valence-electron chi connectivity index (χ1n) is 7.87. The highest BCUT2D eigenvalue weighted by atomic mass is 32.1. The number of fused-ring (bicyclic) bond motifs is 7. The second kappa shape index (κ2) is 4.65. The highest BCUT2D eigenvalue weighted by molar-refractivity contribution is 7.18. The summed E-state index contributed by atoms with van der Waals surface area (Å²) in [6.07, 6.45) is 0. The number of para-hydroxylation sites is 1. The lowest BCUT2D eigenvalue weighted by atomic mass is 10.0. The maximum atomic E-state index is 13.2. The van der Waals surface area contributed by atoms with Gasteiger partial charge in [-0.05, 0) is 60.7 Å². The van der Waals surface area contributed by atoms with Gasteiger partial charge in [0.2, 0.25) is 0 Å². The fraction of sp³-hybridized carbons (Fsp3) is 0.100. The quantitative estimate of drug-likeness (QED) is 0.301. The number of nitrogens with zero attached hydrogens (tertiary/aromatic N) is 2. The molecule has 0 N–H and O–H groups in total. The lowest BCUT2D eigenvalue weighted by molar-refractivity contribution is 1.14. The van der Waals surface area contributed by atoms with Crippen molar-refractivity contribution in [2.75, 3.05) is 0 Å². The van der Waals surface area contributed by atoms with Crippen LogP contribution in [0.1, 0.15) is 11.1 Å². The van der Waals surface area contributed by atoms with Gasteiger partial charge in [0.1, 0.15) is 0 Å². The molecule has 0 aliphatic heterocycles. The minimum Gasteiger partial charge on any atom is -0.268 e. The van der Waals surface area contributed by atoms with Crippen molar-refractivity contribution in [3.63, 3.8) is 0 Å².